The maximum Gasteiger partial charge on any atom is 0.252 e. The number of hydrogen-bond acceptors (Lipinski definition) is 2. The largest absolute Gasteiger partial charge is 0.300 e. The molecule has 2 nitrogen and oxygen atoms in total. The van der Waals surface area contributed by atoms with Crippen molar-refractivity contribution in [1.29, 1.82) is 0 Å². The minimum Gasteiger partial charge on any atom is -0.300 e. The summed E-state index contributed by atoms with van der Waals surface area (Å²) in [7, 11) is 0. The summed E-state index contributed by atoms with van der Waals surface area (Å²) in [4.78, 5) is 13.7. The lowest BCUT2D eigenvalue weighted by Crippen LogP contribution is -2.18. The van der Waals surface area contributed by atoms with E-state index in [1.165, 1.54) is 0 Å². The summed E-state index contributed by atoms with van der Waals surface area (Å²) in [6.07, 6.45) is 1.06. The number of ketones is 1. The van der Waals surface area contributed by atoms with Crippen LogP contribution in [0.15, 0.2) is 0 Å². The van der Waals surface area contributed by atoms with Crippen LogP contribution in [0.25, 0.3) is 0 Å². The van der Waals surface area contributed by atoms with E-state index in [0.29, 0.717) is 19.3 Å². The number of Topliss-reactive ketones (excluding diaryl/α,β-unsaturated/α-hetero) is 1. The summed E-state index contributed by atoms with van der Waals surface area (Å²) in [5.41, 5.74) is -0.692. The van der Waals surface area contributed by atoms with Gasteiger partial charge in [-0.15, -0.1) is 0 Å². The van der Waals surface area contributed by atoms with E-state index in [1.807, 2.05) is 0 Å². The molecule has 92 valence electrons. The van der Waals surface area contributed by atoms with Gasteiger partial charge in [0.25, 0.3) is 11.9 Å². The van der Waals surface area contributed by atoms with Crippen molar-refractivity contribution in [2.75, 3.05) is 0 Å². The van der Waals surface area contributed by atoms with Crippen LogP contribution in [0.2, 0.25) is 0 Å². The summed E-state index contributed by atoms with van der Waals surface area (Å²) >= 11 is 0. The molecular formula is C11H9F4NO. The van der Waals surface area contributed by atoms with Crippen LogP contribution in [0.4, 0.5) is 17.6 Å². The third-order valence-corrected chi connectivity index (χ3v) is 2.92. The fourth-order valence-electron chi connectivity index (χ4n) is 2.13. The second kappa shape index (κ2) is 4.43. The first-order valence-electron chi connectivity index (χ1n) is 5.22. The molecule has 1 aliphatic rings. The fraction of sp³-hybridized carbons (Fsp3) is 0.455. The Morgan fingerprint density at radius 2 is 1.65 bits per heavy atom. The summed E-state index contributed by atoms with van der Waals surface area (Å²) in [6, 6.07) is 0. The molecule has 1 aromatic heterocycles. The van der Waals surface area contributed by atoms with E-state index in [4.69, 9.17) is 0 Å². The molecule has 0 radical (unpaired) electrons. The monoisotopic (exact) mass is 247 g/mol. The van der Waals surface area contributed by atoms with E-state index in [1.54, 1.807) is 0 Å². The molecule has 1 unspecified atom stereocenters. The van der Waals surface area contributed by atoms with E-state index in [9.17, 15) is 22.4 Å². The summed E-state index contributed by atoms with van der Waals surface area (Å²) in [6.45, 7) is 0. The first kappa shape index (κ1) is 12.0. The molecule has 1 heterocycles. The maximum absolute atomic E-state index is 13.4. The van der Waals surface area contributed by atoms with Gasteiger partial charge in [0.15, 0.2) is 11.6 Å². The third-order valence-electron chi connectivity index (χ3n) is 2.92. The molecule has 0 aliphatic heterocycles. The quantitative estimate of drug-likeness (QED) is 0.564. The van der Waals surface area contributed by atoms with Gasteiger partial charge in [0.05, 0.1) is 0 Å². The Morgan fingerprint density at radius 1 is 1.06 bits per heavy atom. The fourth-order valence-corrected chi connectivity index (χ4v) is 2.13. The summed E-state index contributed by atoms with van der Waals surface area (Å²) in [5.74, 6) is -7.29. The van der Waals surface area contributed by atoms with Gasteiger partial charge in [0.2, 0.25) is 0 Å². The third kappa shape index (κ3) is 2.16. The molecule has 0 bridgehead atoms. The Balaban J connectivity index is 2.46. The molecule has 1 fully saturated rings. The predicted molar refractivity (Wildman–Crippen MR) is 50.3 cm³/mol. The number of rotatable bonds is 1. The molecule has 0 spiro atoms. The van der Waals surface area contributed by atoms with Crippen LogP contribution in [0.5, 0.6) is 0 Å². The van der Waals surface area contributed by atoms with Gasteiger partial charge < -0.3 is 0 Å². The second-order valence-electron chi connectivity index (χ2n) is 4.07. The van der Waals surface area contributed by atoms with E-state index < -0.39 is 35.0 Å². The Morgan fingerprint density at radius 3 is 2.18 bits per heavy atom. The standard InChI is InChI=1S/C11H9F4NO/c12-8-7(5-2-1-3-6(17)4-5)9(13)11(15)16-10(8)14/h5H,1-4H2. The number of halogens is 4. The highest BCUT2D eigenvalue weighted by atomic mass is 19.2. The number of aromatic nitrogens is 1. The lowest BCUT2D eigenvalue weighted by atomic mass is 9.83. The van der Waals surface area contributed by atoms with Gasteiger partial charge >= 0.3 is 0 Å². The predicted octanol–water partition coefficient (Wildman–Crippen LogP) is 2.86. The van der Waals surface area contributed by atoms with Gasteiger partial charge in [0, 0.05) is 18.4 Å². The highest BCUT2D eigenvalue weighted by Gasteiger charge is 2.30. The van der Waals surface area contributed by atoms with Crippen LogP contribution in [-0.4, -0.2) is 10.8 Å². The van der Waals surface area contributed by atoms with E-state index in [-0.39, 0.29) is 12.2 Å². The van der Waals surface area contributed by atoms with Gasteiger partial charge in [-0.25, -0.2) is 8.78 Å². The molecular weight excluding hydrogens is 238 g/mol. The lowest BCUT2D eigenvalue weighted by Gasteiger charge is -2.21. The molecule has 0 N–H and O–H groups in total. The second-order valence-corrected chi connectivity index (χ2v) is 4.07. The van der Waals surface area contributed by atoms with Gasteiger partial charge in [-0.3, -0.25) is 4.79 Å². The molecule has 1 aliphatic carbocycles. The molecule has 0 aromatic carbocycles. The van der Waals surface area contributed by atoms with Crippen molar-refractivity contribution in [3.63, 3.8) is 0 Å². The normalized spacial score (nSPS) is 20.7. The maximum atomic E-state index is 13.4. The number of carbonyl (C=O) groups excluding carboxylic acids is 1. The van der Waals surface area contributed by atoms with Crippen LogP contribution >= 0.6 is 0 Å². The van der Waals surface area contributed by atoms with Gasteiger partial charge in [-0.1, -0.05) is 0 Å². The Labute approximate surface area is 94.7 Å². The molecule has 6 heteroatoms. The summed E-state index contributed by atoms with van der Waals surface area (Å²) in [5, 5.41) is 0. The molecule has 0 saturated heterocycles. The van der Waals surface area contributed by atoms with Gasteiger partial charge in [-0.05, 0) is 18.8 Å². The first-order chi connectivity index (χ1) is 8.00. The smallest absolute Gasteiger partial charge is 0.252 e. The lowest BCUT2D eigenvalue weighted by molar-refractivity contribution is -0.120. The van der Waals surface area contributed by atoms with E-state index >= 15 is 0 Å². The van der Waals surface area contributed by atoms with Crippen LogP contribution < -0.4 is 0 Å². The van der Waals surface area contributed by atoms with Crippen LogP contribution in [0, 0.1) is 23.5 Å². The minimum absolute atomic E-state index is 0.0866. The number of nitrogens with zero attached hydrogens (tertiary/aromatic N) is 1. The van der Waals surface area contributed by atoms with Crippen LogP contribution in [-0.2, 0) is 4.79 Å². The molecule has 1 atom stereocenters. The van der Waals surface area contributed by atoms with Gasteiger partial charge in [-0.2, -0.15) is 13.8 Å². The first-order valence-corrected chi connectivity index (χ1v) is 5.22. The molecule has 0 amide bonds. The van der Waals surface area contributed by atoms with Crippen LogP contribution in [0.3, 0.4) is 0 Å². The van der Waals surface area contributed by atoms with E-state index in [0.717, 1.165) is 0 Å². The Bertz CT molecular complexity index is 449. The molecule has 2 rings (SSSR count). The Kier molecular flexibility index (Phi) is 3.13. The number of hydrogen-bond donors (Lipinski definition) is 0. The average Bonchev–Trinajstić information content (AvgIpc) is 2.27. The van der Waals surface area contributed by atoms with Crippen molar-refractivity contribution in [2.45, 2.75) is 31.6 Å². The number of pyridine rings is 1. The SMILES string of the molecule is O=C1CCCC(c2c(F)c(F)nc(F)c2F)C1. The highest BCUT2D eigenvalue weighted by molar-refractivity contribution is 5.80. The molecule has 1 aromatic rings. The van der Waals surface area contributed by atoms with Crippen molar-refractivity contribution in [1.82, 2.24) is 4.98 Å². The molecule has 17 heavy (non-hydrogen) atoms. The number of carbonyl (C=O) groups is 1. The van der Waals surface area contributed by atoms with Crippen molar-refractivity contribution in [3.05, 3.63) is 29.1 Å². The van der Waals surface area contributed by atoms with Crippen molar-refractivity contribution in [3.8, 4) is 0 Å². The zero-order valence-corrected chi connectivity index (χ0v) is 8.77. The van der Waals surface area contributed by atoms with Crippen molar-refractivity contribution in [2.24, 2.45) is 0 Å². The average molecular weight is 247 g/mol. The minimum atomic E-state index is -1.67. The zero-order chi connectivity index (χ0) is 12.6. The summed E-state index contributed by atoms with van der Waals surface area (Å²) < 4.78 is 52.6. The highest BCUT2D eigenvalue weighted by Crippen LogP contribution is 2.34. The topological polar surface area (TPSA) is 30.0 Å². The van der Waals surface area contributed by atoms with Crippen LogP contribution in [0.1, 0.15) is 37.2 Å². The Hall–Kier alpha value is -1.46. The van der Waals surface area contributed by atoms with Gasteiger partial charge in [0.1, 0.15) is 5.78 Å². The van der Waals surface area contributed by atoms with Crippen molar-refractivity contribution >= 4 is 5.78 Å². The zero-order valence-electron chi connectivity index (χ0n) is 8.77. The molecule has 1 saturated carbocycles. The van der Waals surface area contributed by atoms with E-state index in [2.05, 4.69) is 4.98 Å². The van der Waals surface area contributed by atoms with Crippen molar-refractivity contribution < 1.29 is 22.4 Å².